The van der Waals surface area contributed by atoms with Crippen molar-refractivity contribution in [2.75, 3.05) is 26.3 Å². The van der Waals surface area contributed by atoms with Gasteiger partial charge in [0.2, 0.25) is 5.91 Å². The number of aliphatic hydroxyl groups is 1. The number of hydrogen-bond acceptors (Lipinski definition) is 3. The van der Waals surface area contributed by atoms with Crippen molar-refractivity contribution in [3.05, 3.63) is 0 Å². The molecule has 2 aliphatic heterocycles. The van der Waals surface area contributed by atoms with Crippen LogP contribution in [0.5, 0.6) is 0 Å². The van der Waals surface area contributed by atoms with Gasteiger partial charge in [-0.1, -0.05) is 20.8 Å². The first-order chi connectivity index (χ1) is 9.40. The van der Waals surface area contributed by atoms with Crippen LogP contribution >= 0.6 is 0 Å². The number of amides is 1. The van der Waals surface area contributed by atoms with Gasteiger partial charge in [-0.25, -0.2) is 0 Å². The van der Waals surface area contributed by atoms with E-state index in [-0.39, 0.29) is 17.4 Å². The van der Waals surface area contributed by atoms with Crippen LogP contribution < -0.4 is 0 Å². The molecule has 2 heterocycles. The van der Waals surface area contributed by atoms with Crippen LogP contribution in [0.15, 0.2) is 0 Å². The van der Waals surface area contributed by atoms with E-state index in [0.717, 1.165) is 45.4 Å². The van der Waals surface area contributed by atoms with Crippen molar-refractivity contribution in [1.82, 2.24) is 4.90 Å². The van der Waals surface area contributed by atoms with Gasteiger partial charge in [0.05, 0.1) is 6.10 Å². The van der Waals surface area contributed by atoms with Gasteiger partial charge >= 0.3 is 0 Å². The molecule has 2 atom stereocenters. The summed E-state index contributed by atoms with van der Waals surface area (Å²) in [6.45, 7) is 9.10. The fraction of sp³-hybridized carbons (Fsp3) is 0.938. The monoisotopic (exact) mass is 283 g/mol. The zero-order valence-corrected chi connectivity index (χ0v) is 13.1. The molecule has 1 amide bonds. The second kappa shape index (κ2) is 6.44. The second-order valence-corrected chi connectivity index (χ2v) is 7.23. The van der Waals surface area contributed by atoms with E-state index in [0.29, 0.717) is 18.4 Å². The molecule has 0 saturated carbocycles. The third-order valence-corrected chi connectivity index (χ3v) is 4.92. The minimum absolute atomic E-state index is 0.204. The Kier molecular flexibility index (Phi) is 5.08. The molecule has 20 heavy (non-hydrogen) atoms. The van der Waals surface area contributed by atoms with E-state index in [1.807, 2.05) is 4.90 Å². The number of rotatable bonds is 3. The number of carbonyl (C=O) groups excluding carboxylic acids is 1. The topological polar surface area (TPSA) is 49.8 Å². The van der Waals surface area contributed by atoms with E-state index in [4.69, 9.17) is 4.74 Å². The van der Waals surface area contributed by atoms with E-state index in [2.05, 4.69) is 20.8 Å². The molecule has 2 unspecified atom stereocenters. The fourth-order valence-electron chi connectivity index (χ4n) is 3.42. The number of nitrogens with zero attached hydrogens (tertiary/aromatic N) is 1. The van der Waals surface area contributed by atoms with Crippen molar-refractivity contribution in [2.24, 2.45) is 17.3 Å². The van der Waals surface area contributed by atoms with Crippen LogP contribution in [-0.4, -0.2) is 48.3 Å². The molecule has 2 fully saturated rings. The molecule has 0 aliphatic carbocycles. The predicted octanol–water partition coefficient (Wildman–Crippen LogP) is 2.06. The number of β-amino-alcohol motifs (C(OH)–C–C–N with tert-alkyl or cyclic N) is 1. The minimum atomic E-state index is -0.369. The molecule has 116 valence electrons. The van der Waals surface area contributed by atoms with Crippen molar-refractivity contribution < 1.29 is 14.6 Å². The number of piperidine rings is 1. The van der Waals surface area contributed by atoms with Crippen LogP contribution in [0.2, 0.25) is 0 Å². The Balaban J connectivity index is 1.92. The van der Waals surface area contributed by atoms with E-state index >= 15 is 0 Å². The lowest BCUT2D eigenvalue weighted by molar-refractivity contribution is -0.146. The summed E-state index contributed by atoms with van der Waals surface area (Å²) in [4.78, 5) is 14.6. The number of aliphatic hydroxyl groups excluding tert-OH is 1. The molecule has 4 heteroatoms. The Morgan fingerprint density at radius 2 is 1.95 bits per heavy atom. The molecule has 1 N–H and O–H groups in total. The van der Waals surface area contributed by atoms with Gasteiger partial charge in [-0.3, -0.25) is 4.79 Å². The number of ether oxygens (including phenoxy) is 1. The molecule has 0 spiro atoms. The summed E-state index contributed by atoms with van der Waals surface area (Å²) in [5.41, 5.74) is -0.331. The smallest absolute Gasteiger partial charge is 0.228 e. The quantitative estimate of drug-likeness (QED) is 0.862. The lowest BCUT2D eigenvalue weighted by atomic mass is 9.78. The molecular weight excluding hydrogens is 254 g/mol. The highest BCUT2D eigenvalue weighted by atomic mass is 16.5. The number of carbonyl (C=O) groups is 1. The average molecular weight is 283 g/mol. The molecule has 0 aromatic rings. The van der Waals surface area contributed by atoms with Crippen molar-refractivity contribution in [1.29, 1.82) is 0 Å². The molecule has 0 bridgehead atoms. The van der Waals surface area contributed by atoms with Crippen molar-refractivity contribution in [3.8, 4) is 0 Å². The third kappa shape index (κ3) is 3.73. The Labute approximate surface area is 122 Å². The highest BCUT2D eigenvalue weighted by Crippen LogP contribution is 2.33. The maximum atomic E-state index is 12.7. The molecule has 0 aromatic carbocycles. The molecule has 2 saturated heterocycles. The number of hydrogen-bond donors (Lipinski definition) is 1. The zero-order chi connectivity index (χ0) is 14.8. The van der Waals surface area contributed by atoms with Gasteiger partial charge in [-0.15, -0.1) is 0 Å². The van der Waals surface area contributed by atoms with Gasteiger partial charge in [-0.2, -0.15) is 0 Å². The highest BCUT2D eigenvalue weighted by Gasteiger charge is 2.37. The summed E-state index contributed by atoms with van der Waals surface area (Å²) < 4.78 is 5.39. The van der Waals surface area contributed by atoms with Gasteiger partial charge < -0.3 is 14.7 Å². The van der Waals surface area contributed by atoms with Crippen LogP contribution in [0.3, 0.4) is 0 Å². The van der Waals surface area contributed by atoms with Crippen LogP contribution in [0.25, 0.3) is 0 Å². The van der Waals surface area contributed by atoms with Crippen molar-refractivity contribution in [2.45, 2.75) is 52.6 Å². The summed E-state index contributed by atoms with van der Waals surface area (Å²) in [6, 6.07) is 0. The first-order valence-corrected chi connectivity index (χ1v) is 7.95. The van der Waals surface area contributed by atoms with Crippen LogP contribution in [0, 0.1) is 17.3 Å². The van der Waals surface area contributed by atoms with Crippen LogP contribution in [-0.2, 0) is 9.53 Å². The molecule has 0 aromatic heterocycles. The maximum Gasteiger partial charge on any atom is 0.228 e. The lowest BCUT2D eigenvalue weighted by Gasteiger charge is -2.40. The van der Waals surface area contributed by atoms with Crippen molar-refractivity contribution in [3.63, 3.8) is 0 Å². The summed E-state index contributed by atoms with van der Waals surface area (Å²) in [5, 5.41) is 9.97. The lowest BCUT2D eigenvalue weighted by Crippen LogP contribution is -2.50. The minimum Gasteiger partial charge on any atom is -0.391 e. The Hall–Kier alpha value is -0.610. The standard InChI is InChI=1S/C16H29NO3/c1-12-4-7-17(11-14(12)18)15(19)16(2,3)10-13-5-8-20-9-6-13/h12-14,18H,4-11H2,1-3H3. The van der Waals surface area contributed by atoms with E-state index in [9.17, 15) is 9.90 Å². The van der Waals surface area contributed by atoms with E-state index in [1.165, 1.54) is 0 Å². The molecule has 0 radical (unpaired) electrons. The van der Waals surface area contributed by atoms with Gasteiger partial charge in [0.25, 0.3) is 0 Å². The highest BCUT2D eigenvalue weighted by molar-refractivity contribution is 5.82. The first kappa shape index (κ1) is 15.8. The largest absolute Gasteiger partial charge is 0.391 e. The average Bonchev–Trinajstić information content (AvgIpc) is 2.41. The first-order valence-electron chi connectivity index (χ1n) is 7.95. The van der Waals surface area contributed by atoms with Gasteiger partial charge in [0, 0.05) is 31.7 Å². The van der Waals surface area contributed by atoms with Crippen LogP contribution in [0.1, 0.15) is 46.5 Å². The third-order valence-electron chi connectivity index (χ3n) is 4.92. The van der Waals surface area contributed by atoms with Crippen molar-refractivity contribution >= 4 is 5.91 Å². The fourth-order valence-corrected chi connectivity index (χ4v) is 3.42. The Morgan fingerprint density at radius 3 is 2.55 bits per heavy atom. The van der Waals surface area contributed by atoms with Gasteiger partial charge in [0.15, 0.2) is 0 Å². The summed E-state index contributed by atoms with van der Waals surface area (Å²) in [7, 11) is 0. The molecular formula is C16H29NO3. The Morgan fingerprint density at radius 1 is 1.30 bits per heavy atom. The van der Waals surface area contributed by atoms with E-state index in [1.54, 1.807) is 0 Å². The molecule has 2 rings (SSSR count). The normalized spacial score (nSPS) is 29.5. The summed E-state index contributed by atoms with van der Waals surface area (Å²) in [5.74, 6) is 1.10. The maximum absolute atomic E-state index is 12.7. The van der Waals surface area contributed by atoms with Crippen LogP contribution in [0.4, 0.5) is 0 Å². The predicted molar refractivity (Wildman–Crippen MR) is 78.3 cm³/mol. The molecule has 2 aliphatic rings. The molecule has 4 nitrogen and oxygen atoms in total. The summed E-state index contributed by atoms with van der Waals surface area (Å²) >= 11 is 0. The van der Waals surface area contributed by atoms with Gasteiger partial charge in [0.1, 0.15) is 0 Å². The van der Waals surface area contributed by atoms with Gasteiger partial charge in [-0.05, 0) is 37.5 Å². The zero-order valence-electron chi connectivity index (χ0n) is 13.1. The van der Waals surface area contributed by atoms with E-state index < -0.39 is 0 Å². The Bertz CT molecular complexity index is 337. The second-order valence-electron chi connectivity index (χ2n) is 7.23. The number of likely N-dealkylation sites (tertiary alicyclic amines) is 1. The SMILES string of the molecule is CC1CCN(C(=O)C(C)(C)CC2CCOCC2)CC1O. The summed E-state index contributed by atoms with van der Waals surface area (Å²) in [6.07, 6.45) is 3.59.